The number of hydrogen-bond donors (Lipinski definition) is 0. The van der Waals surface area contributed by atoms with E-state index in [1.165, 1.54) is 5.56 Å². The van der Waals surface area contributed by atoms with E-state index in [4.69, 9.17) is 0 Å². The van der Waals surface area contributed by atoms with Crippen molar-refractivity contribution < 1.29 is 9.59 Å². The third-order valence-corrected chi connectivity index (χ3v) is 4.63. The highest BCUT2D eigenvalue weighted by atomic mass is 16.2. The second-order valence-electron chi connectivity index (χ2n) is 6.44. The minimum absolute atomic E-state index is 0.00770. The van der Waals surface area contributed by atoms with Gasteiger partial charge in [-0.1, -0.05) is 25.1 Å². The summed E-state index contributed by atoms with van der Waals surface area (Å²) in [4.78, 5) is 32.7. The van der Waals surface area contributed by atoms with Gasteiger partial charge in [-0.15, -0.1) is 0 Å². The molecule has 1 unspecified atom stereocenters. The van der Waals surface area contributed by atoms with Gasteiger partial charge in [0.1, 0.15) is 0 Å². The Bertz CT molecular complexity index is 743. The van der Waals surface area contributed by atoms with Gasteiger partial charge in [-0.05, 0) is 36.2 Å². The second kappa shape index (κ2) is 7.47. The van der Waals surface area contributed by atoms with Crippen molar-refractivity contribution in [3.8, 4) is 0 Å². The van der Waals surface area contributed by atoms with Crippen LogP contribution in [0.25, 0.3) is 0 Å². The summed E-state index contributed by atoms with van der Waals surface area (Å²) < 4.78 is 0. The molecule has 2 aromatic rings. The SMILES string of the molecule is CCc1ccc(N2CC(C(=O)N(C)Cc3ccccn3)CC2=O)cc1. The number of pyridine rings is 1. The minimum atomic E-state index is -0.299. The largest absolute Gasteiger partial charge is 0.340 e. The van der Waals surface area contributed by atoms with Crippen molar-refractivity contribution in [3.05, 3.63) is 59.9 Å². The van der Waals surface area contributed by atoms with E-state index in [9.17, 15) is 9.59 Å². The van der Waals surface area contributed by atoms with Crippen LogP contribution in [0.15, 0.2) is 48.7 Å². The Labute approximate surface area is 148 Å². The second-order valence-corrected chi connectivity index (χ2v) is 6.44. The molecule has 2 amide bonds. The fraction of sp³-hybridized carbons (Fsp3) is 0.350. The first-order valence-corrected chi connectivity index (χ1v) is 8.62. The number of hydrogen-bond acceptors (Lipinski definition) is 3. The monoisotopic (exact) mass is 337 g/mol. The average Bonchev–Trinajstić information content (AvgIpc) is 3.03. The molecule has 0 bridgehead atoms. The number of aryl methyl sites for hydroxylation is 1. The maximum atomic E-state index is 12.7. The predicted molar refractivity (Wildman–Crippen MR) is 97.0 cm³/mol. The van der Waals surface area contributed by atoms with E-state index in [2.05, 4.69) is 11.9 Å². The van der Waals surface area contributed by atoms with Gasteiger partial charge < -0.3 is 9.80 Å². The molecule has 0 radical (unpaired) electrons. The number of anilines is 1. The molecular weight excluding hydrogens is 314 g/mol. The van der Waals surface area contributed by atoms with Gasteiger partial charge in [-0.25, -0.2) is 0 Å². The molecule has 1 aromatic carbocycles. The van der Waals surface area contributed by atoms with Crippen LogP contribution in [0, 0.1) is 5.92 Å². The van der Waals surface area contributed by atoms with Crippen molar-refractivity contribution in [3.63, 3.8) is 0 Å². The van der Waals surface area contributed by atoms with E-state index in [1.807, 2.05) is 42.5 Å². The first-order valence-electron chi connectivity index (χ1n) is 8.62. The number of aromatic nitrogens is 1. The first kappa shape index (κ1) is 17.1. The van der Waals surface area contributed by atoms with Crippen molar-refractivity contribution >= 4 is 17.5 Å². The van der Waals surface area contributed by atoms with Gasteiger partial charge in [0.25, 0.3) is 0 Å². The van der Waals surface area contributed by atoms with E-state index in [0.717, 1.165) is 17.8 Å². The summed E-state index contributed by atoms with van der Waals surface area (Å²) in [6.07, 6.45) is 2.95. The lowest BCUT2D eigenvalue weighted by molar-refractivity contribution is -0.135. The van der Waals surface area contributed by atoms with E-state index in [0.29, 0.717) is 13.1 Å². The zero-order chi connectivity index (χ0) is 17.8. The number of carbonyl (C=O) groups excluding carboxylic acids is 2. The van der Waals surface area contributed by atoms with Gasteiger partial charge in [-0.3, -0.25) is 14.6 Å². The molecule has 5 nitrogen and oxygen atoms in total. The summed E-state index contributed by atoms with van der Waals surface area (Å²) in [7, 11) is 1.76. The van der Waals surface area contributed by atoms with Crippen molar-refractivity contribution in [1.29, 1.82) is 0 Å². The summed E-state index contributed by atoms with van der Waals surface area (Å²) >= 11 is 0. The van der Waals surface area contributed by atoms with Crippen LogP contribution < -0.4 is 4.90 Å². The zero-order valence-electron chi connectivity index (χ0n) is 14.7. The van der Waals surface area contributed by atoms with Crippen molar-refractivity contribution in [2.45, 2.75) is 26.3 Å². The fourth-order valence-corrected chi connectivity index (χ4v) is 3.16. The highest BCUT2D eigenvalue weighted by molar-refractivity contribution is 6.00. The van der Waals surface area contributed by atoms with Crippen LogP contribution in [0.3, 0.4) is 0 Å². The van der Waals surface area contributed by atoms with E-state index in [-0.39, 0.29) is 24.2 Å². The van der Waals surface area contributed by atoms with Crippen molar-refractivity contribution in [2.24, 2.45) is 5.92 Å². The van der Waals surface area contributed by atoms with Gasteiger partial charge in [0.05, 0.1) is 18.2 Å². The van der Waals surface area contributed by atoms with Crippen LogP contribution in [-0.2, 0) is 22.6 Å². The summed E-state index contributed by atoms with van der Waals surface area (Å²) in [5.41, 5.74) is 2.94. The highest BCUT2D eigenvalue weighted by Gasteiger charge is 2.36. The Morgan fingerprint density at radius 3 is 2.64 bits per heavy atom. The third kappa shape index (κ3) is 3.87. The van der Waals surface area contributed by atoms with Gasteiger partial charge in [0.15, 0.2) is 0 Å². The van der Waals surface area contributed by atoms with Gasteiger partial charge in [0.2, 0.25) is 11.8 Å². The van der Waals surface area contributed by atoms with Crippen LogP contribution in [0.2, 0.25) is 0 Å². The van der Waals surface area contributed by atoms with Crippen molar-refractivity contribution in [2.75, 3.05) is 18.5 Å². The Morgan fingerprint density at radius 1 is 1.24 bits per heavy atom. The number of carbonyl (C=O) groups is 2. The van der Waals surface area contributed by atoms with Crippen LogP contribution in [0.1, 0.15) is 24.6 Å². The Morgan fingerprint density at radius 2 is 2.00 bits per heavy atom. The van der Waals surface area contributed by atoms with Crippen LogP contribution in [-0.4, -0.2) is 35.3 Å². The maximum absolute atomic E-state index is 12.7. The molecule has 0 aliphatic carbocycles. The predicted octanol–water partition coefficient (Wildman–Crippen LogP) is 2.66. The Balaban J connectivity index is 1.65. The highest BCUT2D eigenvalue weighted by Crippen LogP contribution is 2.26. The standard InChI is InChI=1S/C20H23N3O2/c1-3-15-7-9-18(10-8-15)23-13-16(12-19(23)24)20(25)22(2)14-17-6-4-5-11-21-17/h4-11,16H,3,12-14H2,1-2H3. The number of nitrogens with zero attached hydrogens (tertiary/aromatic N) is 3. The minimum Gasteiger partial charge on any atom is -0.340 e. The zero-order valence-corrected chi connectivity index (χ0v) is 14.7. The first-order chi connectivity index (χ1) is 12.1. The third-order valence-electron chi connectivity index (χ3n) is 4.63. The lowest BCUT2D eigenvalue weighted by Crippen LogP contribution is -2.34. The smallest absolute Gasteiger partial charge is 0.228 e. The molecule has 0 N–H and O–H groups in total. The maximum Gasteiger partial charge on any atom is 0.228 e. The topological polar surface area (TPSA) is 53.5 Å². The molecule has 1 aliphatic heterocycles. The van der Waals surface area contributed by atoms with Crippen LogP contribution in [0.5, 0.6) is 0 Å². The molecule has 25 heavy (non-hydrogen) atoms. The van der Waals surface area contributed by atoms with Crippen LogP contribution >= 0.6 is 0 Å². The van der Waals surface area contributed by atoms with E-state index < -0.39 is 0 Å². The van der Waals surface area contributed by atoms with Gasteiger partial charge in [-0.2, -0.15) is 0 Å². The molecule has 3 rings (SSSR count). The molecule has 1 saturated heterocycles. The molecular formula is C20H23N3O2. The lowest BCUT2D eigenvalue weighted by Gasteiger charge is -2.21. The van der Waals surface area contributed by atoms with Gasteiger partial charge >= 0.3 is 0 Å². The molecule has 1 atom stereocenters. The molecule has 0 spiro atoms. The van der Waals surface area contributed by atoms with Crippen LogP contribution in [0.4, 0.5) is 5.69 Å². The molecule has 1 aliphatic rings. The van der Waals surface area contributed by atoms with E-state index >= 15 is 0 Å². The van der Waals surface area contributed by atoms with Gasteiger partial charge in [0, 0.05) is 31.9 Å². The normalized spacial score (nSPS) is 17.0. The lowest BCUT2D eigenvalue weighted by atomic mass is 10.1. The van der Waals surface area contributed by atoms with Crippen molar-refractivity contribution in [1.82, 2.24) is 9.88 Å². The summed E-state index contributed by atoms with van der Waals surface area (Å²) in [6, 6.07) is 13.6. The fourth-order valence-electron chi connectivity index (χ4n) is 3.16. The number of amides is 2. The average molecular weight is 337 g/mol. The number of rotatable bonds is 5. The molecule has 0 saturated carbocycles. The molecule has 2 heterocycles. The summed E-state index contributed by atoms with van der Waals surface area (Å²) in [5.74, 6) is -0.299. The Hall–Kier alpha value is -2.69. The molecule has 1 fully saturated rings. The number of benzene rings is 1. The summed E-state index contributed by atoms with van der Waals surface area (Å²) in [5, 5.41) is 0. The molecule has 130 valence electrons. The quantitative estimate of drug-likeness (QED) is 0.843. The molecule has 5 heteroatoms. The summed E-state index contributed by atoms with van der Waals surface area (Å²) in [6.45, 7) is 2.99. The Kier molecular flexibility index (Phi) is 5.12. The van der Waals surface area contributed by atoms with E-state index in [1.54, 1.807) is 23.0 Å². The molecule has 1 aromatic heterocycles.